The number of nitrogens with zero attached hydrogens (tertiary/aromatic N) is 1. The van der Waals surface area contributed by atoms with Gasteiger partial charge in [0.15, 0.2) is 0 Å². The molecular formula is C6H14N2O2S. The predicted octanol–water partition coefficient (Wildman–Crippen LogP) is -0.0651. The van der Waals surface area contributed by atoms with Crippen LogP contribution in [-0.4, -0.2) is 32.9 Å². The molecule has 0 aliphatic heterocycles. The Kier molecular flexibility index (Phi) is 2.51. The van der Waals surface area contributed by atoms with Crippen molar-refractivity contribution >= 4 is 10.2 Å². The fourth-order valence-corrected chi connectivity index (χ4v) is 1.98. The van der Waals surface area contributed by atoms with Crippen LogP contribution < -0.4 is 4.72 Å². The van der Waals surface area contributed by atoms with Crippen LogP contribution in [0.15, 0.2) is 0 Å². The van der Waals surface area contributed by atoms with Crippen molar-refractivity contribution in [2.24, 2.45) is 0 Å². The lowest BCUT2D eigenvalue weighted by Gasteiger charge is -2.33. The Bertz CT molecular complexity index is 221. The molecule has 0 atom stereocenters. The van der Waals surface area contributed by atoms with E-state index in [0.717, 1.165) is 19.3 Å². The summed E-state index contributed by atoms with van der Waals surface area (Å²) in [6.45, 7) is 0. The monoisotopic (exact) mass is 178 g/mol. The zero-order valence-corrected chi connectivity index (χ0v) is 7.69. The Morgan fingerprint density at radius 3 is 2.27 bits per heavy atom. The molecule has 0 bridgehead atoms. The van der Waals surface area contributed by atoms with E-state index in [1.165, 1.54) is 11.4 Å². The van der Waals surface area contributed by atoms with Gasteiger partial charge in [0.2, 0.25) is 0 Å². The molecule has 1 rings (SSSR count). The molecule has 1 fully saturated rings. The van der Waals surface area contributed by atoms with Crippen LogP contribution in [0.4, 0.5) is 0 Å². The molecule has 5 heteroatoms. The molecular weight excluding hydrogens is 164 g/mol. The van der Waals surface area contributed by atoms with Gasteiger partial charge in [-0.25, -0.2) is 4.72 Å². The summed E-state index contributed by atoms with van der Waals surface area (Å²) in [7, 11) is -0.119. The second-order valence-electron chi connectivity index (χ2n) is 2.81. The molecule has 4 nitrogen and oxygen atoms in total. The number of hydrogen-bond acceptors (Lipinski definition) is 2. The molecule has 0 spiro atoms. The molecule has 0 heterocycles. The summed E-state index contributed by atoms with van der Waals surface area (Å²) >= 11 is 0. The van der Waals surface area contributed by atoms with Crippen molar-refractivity contribution in [1.82, 2.24) is 9.03 Å². The van der Waals surface area contributed by atoms with E-state index in [4.69, 9.17) is 0 Å². The topological polar surface area (TPSA) is 49.4 Å². The van der Waals surface area contributed by atoms with Crippen molar-refractivity contribution in [2.75, 3.05) is 14.1 Å². The summed E-state index contributed by atoms with van der Waals surface area (Å²) in [4.78, 5) is 0. The first-order chi connectivity index (χ1) is 5.08. The van der Waals surface area contributed by atoms with Crippen LogP contribution in [0.3, 0.4) is 0 Å². The highest BCUT2D eigenvalue weighted by Gasteiger charge is 2.29. The number of rotatable bonds is 3. The van der Waals surface area contributed by atoms with Crippen molar-refractivity contribution in [3.8, 4) is 0 Å². The highest BCUT2D eigenvalue weighted by Crippen LogP contribution is 2.24. The van der Waals surface area contributed by atoms with E-state index in [9.17, 15) is 8.42 Å². The maximum atomic E-state index is 11.1. The average Bonchev–Trinajstić information content (AvgIpc) is 1.84. The first kappa shape index (κ1) is 8.96. The summed E-state index contributed by atoms with van der Waals surface area (Å²) in [5, 5.41) is 0. The van der Waals surface area contributed by atoms with E-state index in [0.29, 0.717) is 0 Å². The van der Waals surface area contributed by atoms with Gasteiger partial charge in [-0.2, -0.15) is 12.7 Å². The van der Waals surface area contributed by atoms with E-state index in [1.54, 1.807) is 7.05 Å². The van der Waals surface area contributed by atoms with Gasteiger partial charge in [0.25, 0.3) is 10.2 Å². The molecule has 0 aromatic rings. The molecule has 0 unspecified atom stereocenters. The Labute approximate surface area is 67.8 Å². The minimum Gasteiger partial charge on any atom is -0.205 e. The fraction of sp³-hybridized carbons (Fsp3) is 1.00. The summed E-state index contributed by atoms with van der Waals surface area (Å²) in [5.41, 5.74) is 0. The van der Waals surface area contributed by atoms with E-state index in [-0.39, 0.29) is 6.04 Å². The molecule has 0 saturated heterocycles. The molecule has 1 aliphatic rings. The van der Waals surface area contributed by atoms with Crippen LogP contribution in [0.2, 0.25) is 0 Å². The van der Waals surface area contributed by atoms with E-state index in [2.05, 4.69) is 4.72 Å². The van der Waals surface area contributed by atoms with Crippen LogP contribution >= 0.6 is 0 Å². The Morgan fingerprint density at radius 2 is 2.00 bits per heavy atom. The van der Waals surface area contributed by atoms with Crippen molar-refractivity contribution in [1.29, 1.82) is 0 Å². The molecule has 0 amide bonds. The second kappa shape index (κ2) is 3.08. The van der Waals surface area contributed by atoms with Gasteiger partial charge < -0.3 is 0 Å². The largest absolute Gasteiger partial charge is 0.279 e. The normalized spacial score (nSPS) is 20.3. The van der Waals surface area contributed by atoms with Crippen LogP contribution in [0.5, 0.6) is 0 Å². The molecule has 1 saturated carbocycles. The number of hydrogen-bond donors (Lipinski definition) is 1. The van der Waals surface area contributed by atoms with Crippen LogP contribution in [0.1, 0.15) is 19.3 Å². The Balaban J connectivity index is 2.59. The first-order valence-corrected chi connectivity index (χ1v) is 5.18. The molecule has 1 N–H and O–H groups in total. The molecule has 1 aliphatic carbocycles. The van der Waals surface area contributed by atoms with Gasteiger partial charge in [0, 0.05) is 20.1 Å². The molecule has 0 radical (unpaired) electrons. The van der Waals surface area contributed by atoms with Crippen LogP contribution in [-0.2, 0) is 10.2 Å². The molecule has 66 valence electrons. The van der Waals surface area contributed by atoms with E-state index >= 15 is 0 Å². The summed E-state index contributed by atoms with van der Waals surface area (Å²) in [6.07, 6.45) is 3.14. The van der Waals surface area contributed by atoms with Gasteiger partial charge in [-0.15, -0.1) is 0 Å². The fourth-order valence-electron chi connectivity index (χ4n) is 1.09. The maximum absolute atomic E-state index is 11.1. The lowest BCUT2D eigenvalue weighted by atomic mass is 9.94. The van der Waals surface area contributed by atoms with Crippen molar-refractivity contribution in [3.05, 3.63) is 0 Å². The zero-order valence-electron chi connectivity index (χ0n) is 6.87. The lowest BCUT2D eigenvalue weighted by Crippen LogP contribution is -2.45. The molecule has 0 aromatic carbocycles. The van der Waals surface area contributed by atoms with Crippen molar-refractivity contribution in [3.63, 3.8) is 0 Å². The van der Waals surface area contributed by atoms with Gasteiger partial charge >= 0.3 is 0 Å². The van der Waals surface area contributed by atoms with Crippen LogP contribution in [0.25, 0.3) is 0 Å². The van der Waals surface area contributed by atoms with Crippen molar-refractivity contribution < 1.29 is 8.42 Å². The Morgan fingerprint density at radius 1 is 1.45 bits per heavy atom. The summed E-state index contributed by atoms with van der Waals surface area (Å²) < 4.78 is 26.0. The van der Waals surface area contributed by atoms with Gasteiger partial charge in [-0.05, 0) is 12.8 Å². The first-order valence-electron chi connectivity index (χ1n) is 3.74. The third kappa shape index (κ3) is 1.72. The van der Waals surface area contributed by atoms with E-state index < -0.39 is 10.2 Å². The average molecular weight is 178 g/mol. The van der Waals surface area contributed by atoms with Gasteiger partial charge in [-0.3, -0.25) is 0 Å². The van der Waals surface area contributed by atoms with Gasteiger partial charge in [0.05, 0.1) is 0 Å². The smallest absolute Gasteiger partial charge is 0.205 e. The third-order valence-electron chi connectivity index (χ3n) is 2.23. The maximum Gasteiger partial charge on any atom is 0.279 e. The van der Waals surface area contributed by atoms with Gasteiger partial charge in [0.1, 0.15) is 0 Å². The van der Waals surface area contributed by atoms with Crippen molar-refractivity contribution in [2.45, 2.75) is 25.3 Å². The summed E-state index contributed by atoms with van der Waals surface area (Å²) in [6, 6.07) is 0.229. The second-order valence-corrected chi connectivity index (χ2v) is 4.74. The zero-order chi connectivity index (χ0) is 8.48. The quantitative estimate of drug-likeness (QED) is 0.658. The standard InChI is InChI=1S/C6H14N2O2S/c1-7-11(9,10)8(2)6-4-3-5-6/h6-7H,3-5H2,1-2H3. The summed E-state index contributed by atoms with van der Waals surface area (Å²) in [5.74, 6) is 0. The lowest BCUT2D eigenvalue weighted by molar-refractivity contribution is 0.248. The SMILES string of the molecule is CNS(=O)(=O)N(C)C1CCC1. The predicted molar refractivity (Wildman–Crippen MR) is 43.4 cm³/mol. The Hall–Kier alpha value is -0.130. The molecule has 11 heavy (non-hydrogen) atoms. The van der Waals surface area contributed by atoms with Crippen LogP contribution in [0, 0.1) is 0 Å². The highest BCUT2D eigenvalue weighted by atomic mass is 32.2. The van der Waals surface area contributed by atoms with Gasteiger partial charge in [-0.1, -0.05) is 6.42 Å². The minimum atomic E-state index is -3.17. The highest BCUT2D eigenvalue weighted by molar-refractivity contribution is 7.87. The third-order valence-corrected chi connectivity index (χ3v) is 3.80. The van der Waals surface area contributed by atoms with E-state index in [1.807, 2.05) is 0 Å². The molecule has 0 aromatic heterocycles. The minimum absolute atomic E-state index is 0.229. The number of nitrogens with one attached hydrogen (secondary N) is 1.